The fourth-order valence-electron chi connectivity index (χ4n) is 1.22. The van der Waals surface area contributed by atoms with Crippen molar-refractivity contribution < 1.29 is 4.74 Å². The predicted molar refractivity (Wildman–Crippen MR) is 55.5 cm³/mol. The van der Waals surface area contributed by atoms with Gasteiger partial charge < -0.3 is 15.0 Å². The molecule has 0 bridgehead atoms. The van der Waals surface area contributed by atoms with Crippen LogP contribution in [0.1, 0.15) is 13.3 Å². The molecule has 0 fully saturated rings. The van der Waals surface area contributed by atoms with Crippen LogP contribution in [0.25, 0.3) is 0 Å². The minimum Gasteiger partial charge on any atom is -0.488 e. The van der Waals surface area contributed by atoms with Crippen molar-refractivity contribution in [2.75, 3.05) is 13.2 Å². The lowest BCUT2D eigenvalue weighted by molar-refractivity contribution is 0.331. The van der Waals surface area contributed by atoms with Gasteiger partial charge in [0.15, 0.2) is 5.75 Å². The van der Waals surface area contributed by atoms with Crippen molar-refractivity contribution in [3.8, 4) is 5.75 Å². The van der Waals surface area contributed by atoms with Gasteiger partial charge in [0.25, 0.3) is 5.56 Å². The standard InChI is InChI=1S/C10H16N2O2/c1-2-14-9-5-3-7-12(10(9)13)8-4-6-11/h3,5,7H,2,4,6,8,11H2,1H3. The Labute approximate surface area is 83.3 Å². The molecule has 4 nitrogen and oxygen atoms in total. The van der Waals surface area contributed by atoms with Crippen LogP contribution in [0.15, 0.2) is 23.1 Å². The smallest absolute Gasteiger partial charge is 0.292 e. The van der Waals surface area contributed by atoms with Crippen molar-refractivity contribution >= 4 is 0 Å². The average molecular weight is 196 g/mol. The number of nitrogens with zero attached hydrogens (tertiary/aromatic N) is 1. The van der Waals surface area contributed by atoms with Gasteiger partial charge in [0.2, 0.25) is 0 Å². The van der Waals surface area contributed by atoms with E-state index in [-0.39, 0.29) is 5.56 Å². The Hall–Kier alpha value is -1.29. The van der Waals surface area contributed by atoms with Gasteiger partial charge in [-0.05, 0) is 32.0 Å². The molecule has 0 aliphatic rings. The summed E-state index contributed by atoms with van der Waals surface area (Å²) in [5.41, 5.74) is 5.30. The predicted octanol–water partition coefficient (Wildman–Crippen LogP) is 0.596. The molecule has 1 aromatic rings. The molecule has 0 spiro atoms. The van der Waals surface area contributed by atoms with Gasteiger partial charge in [0.05, 0.1) is 6.61 Å². The Balaban J connectivity index is 2.84. The van der Waals surface area contributed by atoms with E-state index in [1.165, 1.54) is 0 Å². The molecule has 0 aliphatic carbocycles. The van der Waals surface area contributed by atoms with E-state index in [0.717, 1.165) is 6.42 Å². The van der Waals surface area contributed by atoms with Gasteiger partial charge in [0, 0.05) is 12.7 Å². The van der Waals surface area contributed by atoms with E-state index in [1.807, 2.05) is 13.0 Å². The van der Waals surface area contributed by atoms with Crippen molar-refractivity contribution in [1.82, 2.24) is 4.57 Å². The minimum absolute atomic E-state index is 0.0807. The van der Waals surface area contributed by atoms with Crippen molar-refractivity contribution in [3.05, 3.63) is 28.7 Å². The van der Waals surface area contributed by atoms with E-state index >= 15 is 0 Å². The second-order valence-electron chi connectivity index (χ2n) is 2.95. The second kappa shape index (κ2) is 5.44. The highest BCUT2D eigenvalue weighted by Crippen LogP contribution is 2.01. The van der Waals surface area contributed by atoms with Gasteiger partial charge >= 0.3 is 0 Å². The molecule has 0 radical (unpaired) electrons. The summed E-state index contributed by atoms with van der Waals surface area (Å²) in [6, 6.07) is 3.49. The highest BCUT2D eigenvalue weighted by molar-refractivity contribution is 5.17. The van der Waals surface area contributed by atoms with Crippen LogP contribution in [-0.2, 0) is 6.54 Å². The first kappa shape index (κ1) is 10.8. The fraction of sp³-hybridized carbons (Fsp3) is 0.500. The van der Waals surface area contributed by atoms with Gasteiger partial charge in [-0.1, -0.05) is 0 Å². The Morgan fingerprint density at radius 2 is 2.36 bits per heavy atom. The number of rotatable bonds is 5. The molecule has 1 aromatic heterocycles. The van der Waals surface area contributed by atoms with Crippen LogP contribution >= 0.6 is 0 Å². The first-order chi connectivity index (χ1) is 6.79. The molecule has 78 valence electrons. The van der Waals surface area contributed by atoms with Crippen molar-refractivity contribution in [2.45, 2.75) is 19.9 Å². The molecule has 0 unspecified atom stereocenters. The van der Waals surface area contributed by atoms with Crippen LogP contribution in [0.4, 0.5) is 0 Å². The van der Waals surface area contributed by atoms with E-state index in [0.29, 0.717) is 25.4 Å². The maximum atomic E-state index is 11.7. The molecule has 0 saturated heterocycles. The summed E-state index contributed by atoms with van der Waals surface area (Å²) < 4.78 is 6.82. The lowest BCUT2D eigenvalue weighted by atomic mass is 10.4. The zero-order chi connectivity index (χ0) is 10.4. The molecular formula is C10H16N2O2. The number of pyridine rings is 1. The Kier molecular flexibility index (Phi) is 4.19. The highest BCUT2D eigenvalue weighted by Gasteiger charge is 2.02. The first-order valence-electron chi connectivity index (χ1n) is 4.82. The van der Waals surface area contributed by atoms with Crippen molar-refractivity contribution in [1.29, 1.82) is 0 Å². The van der Waals surface area contributed by atoms with Gasteiger partial charge in [-0.15, -0.1) is 0 Å². The third kappa shape index (κ3) is 2.60. The molecule has 0 atom stereocenters. The molecule has 4 heteroatoms. The number of aromatic nitrogens is 1. The monoisotopic (exact) mass is 196 g/mol. The van der Waals surface area contributed by atoms with E-state index in [2.05, 4.69) is 0 Å². The fourth-order valence-corrected chi connectivity index (χ4v) is 1.22. The van der Waals surface area contributed by atoms with Gasteiger partial charge in [-0.3, -0.25) is 4.79 Å². The normalized spacial score (nSPS) is 10.1. The molecular weight excluding hydrogens is 180 g/mol. The lowest BCUT2D eigenvalue weighted by Crippen LogP contribution is -2.22. The van der Waals surface area contributed by atoms with Crippen LogP contribution in [0.5, 0.6) is 5.75 Å². The largest absolute Gasteiger partial charge is 0.488 e. The summed E-state index contributed by atoms with van der Waals surface area (Å²) >= 11 is 0. The Morgan fingerprint density at radius 3 is 3.00 bits per heavy atom. The number of hydrogen-bond donors (Lipinski definition) is 1. The third-order valence-electron chi connectivity index (χ3n) is 1.89. The summed E-state index contributed by atoms with van der Waals surface area (Å²) in [4.78, 5) is 11.7. The van der Waals surface area contributed by atoms with E-state index in [9.17, 15) is 4.79 Å². The van der Waals surface area contributed by atoms with Crippen LogP contribution in [0.2, 0.25) is 0 Å². The summed E-state index contributed by atoms with van der Waals surface area (Å²) in [6.07, 6.45) is 2.55. The van der Waals surface area contributed by atoms with E-state index < -0.39 is 0 Å². The van der Waals surface area contributed by atoms with Gasteiger partial charge in [0.1, 0.15) is 0 Å². The van der Waals surface area contributed by atoms with Crippen molar-refractivity contribution in [3.63, 3.8) is 0 Å². The average Bonchev–Trinajstić information content (AvgIpc) is 2.20. The van der Waals surface area contributed by atoms with E-state index in [4.69, 9.17) is 10.5 Å². The Morgan fingerprint density at radius 1 is 1.57 bits per heavy atom. The van der Waals surface area contributed by atoms with Crippen LogP contribution in [0.3, 0.4) is 0 Å². The lowest BCUT2D eigenvalue weighted by Gasteiger charge is -2.07. The SMILES string of the molecule is CCOc1cccn(CCCN)c1=O. The molecule has 0 saturated carbocycles. The molecule has 1 rings (SSSR count). The molecule has 2 N–H and O–H groups in total. The zero-order valence-electron chi connectivity index (χ0n) is 8.40. The molecule has 14 heavy (non-hydrogen) atoms. The number of nitrogens with two attached hydrogens (primary N) is 1. The maximum Gasteiger partial charge on any atom is 0.292 e. The first-order valence-corrected chi connectivity index (χ1v) is 4.82. The topological polar surface area (TPSA) is 57.2 Å². The zero-order valence-corrected chi connectivity index (χ0v) is 8.40. The number of ether oxygens (including phenoxy) is 1. The van der Waals surface area contributed by atoms with E-state index in [1.54, 1.807) is 16.8 Å². The van der Waals surface area contributed by atoms with Gasteiger partial charge in [-0.25, -0.2) is 0 Å². The maximum absolute atomic E-state index is 11.7. The summed E-state index contributed by atoms with van der Waals surface area (Å²) in [5, 5.41) is 0. The van der Waals surface area contributed by atoms with Crippen LogP contribution < -0.4 is 16.0 Å². The number of aryl methyl sites for hydroxylation is 1. The third-order valence-corrected chi connectivity index (χ3v) is 1.89. The quantitative estimate of drug-likeness (QED) is 0.750. The molecule has 0 aromatic carbocycles. The number of hydrogen-bond acceptors (Lipinski definition) is 3. The summed E-state index contributed by atoms with van der Waals surface area (Å²) in [5.74, 6) is 0.409. The Bertz CT molecular complexity index is 333. The summed E-state index contributed by atoms with van der Waals surface area (Å²) in [6.45, 7) is 3.61. The van der Waals surface area contributed by atoms with Gasteiger partial charge in [-0.2, -0.15) is 0 Å². The van der Waals surface area contributed by atoms with Crippen molar-refractivity contribution in [2.24, 2.45) is 5.73 Å². The molecule has 1 heterocycles. The molecule has 0 aliphatic heterocycles. The van der Waals surface area contributed by atoms with Crippen LogP contribution in [-0.4, -0.2) is 17.7 Å². The molecule has 0 amide bonds. The summed E-state index contributed by atoms with van der Waals surface area (Å²) in [7, 11) is 0. The second-order valence-corrected chi connectivity index (χ2v) is 2.95. The minimum atomic E-state index is -0.0807. The van der Waals surface area contributed by atoms with Crippen LogP contribution in [0, 0.1) is 0 Å². The highest BCUT2D eigenvalue weighted by atomic mass is 16.5.